The molecule has 0 unspecified atom stereocenters. The van der Waals surface area contributed by atoms with E-state index in [4.69, 9.17) is 18.7 Å². The van der Waals surface area contributed by atoms with Crippen LogP contribution < -0.4 is 14.8 Å². The average Bonchev–Trinajstić information content (AvgIpc) is 2.91. The minimum absolute atomic E-state index is 0.267. The minimum atomic E-state index is -0.983. The summed E-state index contributed by atoms with van der Waals surface area (Å²) in [5, 5.41) is 6.16. The Morgan fingerprint density at radius 1 is 1.22 bits per heavy atom. The summed E-state index contributed by atoms with van der Waals surface area (Å²) in [5.41, 5.74) is 0.756. The summed E-state index contributed by atoms with van der Waals surface area (Å²) in [4.78, 5) is 24.0. The van der Waals surface area contributed by atoms with Crippen LogP contribution in [0.3, 0.4) is 0 Å². The fourth-order valence-corrected chi connectivity index (χ4v) is 2.37. The molecule has 2 aromatic rings. The topological polar surface area (TPSA) is 99.9 Å². The van der Waals surface area contributed by atoms with Gasteiger partial charge in [-0.15, -0.1) is 0 Å². The number of hydrogen-bond donors (Lipinski definition) is 1. The van der Waals surface area contributed by atoms with Crippen molar-refractivity contribution >= 4 is 23.8 Å². The van der Waals surface area contributed by atoms with Gasteiger partial charge < -0.3 is 24.1 Å². The van der Waals surface area contributed by atoms with E-state index in [2.05, 4.69) is 10.5 Å². The van der Waals surface area contributed by atoms with Crippen LogP contribution in [-0.2, 0) is 14.3 Å². The lowest BCUT2D eigenvalue weighted by Crippen LogP contribution is -2.29. The quantitative estimate of drug-likeness (QED) is 0.636. The molecule has 0 saturated carbocycles. The Labute approximate surface area is 156 Å². The SMILES string of the molecule is Cc1cc(NC(=O)[C@@H](C)OC(=O)/C=C/c2ccc3c(c2)OCCCO3)no1. The van der Waals surface area contributed by atoms with Gasteiger partial charge in [0.1, 0.15) is 5.76 Å². The number of fused-ring (bicyclic) bond motifs is 1. The third-order valence-electron chi connectivity index (χ3n) is 3.72. The second kappa shape index (κ2) is 8.39. The van der Waals surface area contributed by atoms with Crippen LogP contribution in [0.4, 0.5) is 5.82 Å². The van der Waals surface area contributed by atoms with E-state index < -0.39 is 18.0 Å². The Morgan fingerprint density at radius 2 is 2.00 bits per heavy atom. The first-order valence-electron chi connectivity index (χ1n) is 8.54. The number of aromatic nitrogens is 1. The molecule has 1 atom stereocenters. The highest BCUT2D eigenvalue weighted by Gasteiger charge is 2.18. The van der Waals surface area contributed by atoms with E-state index >= 15 is 0 Å². The zero-order valence-corrected chi connectivity index (χ0v) is 15.1. The van der Waals surface area contributed by atoms with Crippen LogP contribution in [0, 0.1) is 6.92 Å². The molecule has 0 aliphatic carbocycles. The van der Waals surface area contributed by atoms with Crippen molar-refractivity contribution in [1.29, 1.82) is 0 Å². The number of esters is 1. The van der Waals surface area contributed by atoms with Crippen molar-refractivity contribution in [2.45, 2.75) is 26.4 Å². The number of aryl methyl sites for hydroxylation is 1. The van der Waals surface area contributed by atoms with Gasteiger partial charge in [0.15, 0.2) is 23.4 Å². The highest BCUT2D eigenvalue weighted by Crippen LogP contribution is 2.30. The lowest BCUT2D eigenvalue weighted by molar-refractivity contribution is -0.148. The first-order chi connectivity index (χ1) is 13.0. The first-order valence-corrected chi connectivity index (χ1v) is 8.54. The van der Waals surface area contributed by atoms with Crippen molar-refractivity contribution in [3.05, 3.63) is 41.7 Å². The maximum Gasteiger partial charge on any atom is 0.331 e. The van der Waals surface area contributed by atoms with Crippen molar-refractivity contribution in [3.8, 4) is 11.5 Å². The van der Waals surface area contributed by atoms with Crippen molar-refractivity contribution in [1.82, 2.24) is 5.16 Å². The fraction of sp³-hybridized carbons (Fsp3) is 0.316. The summed E-state index contributed by atoms with van der Waals surface area (Å²) in [6.07, 6.45) is 2.68. The van der Waals surface area contributed by atoms with Gasteiger partial charge in [-0.05, 0) is 37.6 Å². The molecule has 0 saturated heterocycles. The van der Waals surface area contributed by atoms with Crippen molar-refractivity contribution < 1.29 is 28.3 Å². The summed E-state index contributed by atoms with van der Waals surface area (Å²) in [7, 11) is 0. The summed E-state index contributed by atoms with van der Waals surface area (Å²) >= 11 is 0. The molecule has 0 spiro atoms. The molecule has 142 valence electrons. The highest BCUT2D eigenvalue weighted by atomic mass is 16.5. The number of hydrogen-bond acceptors (Lipinski definition) is 7. The van der Waals surface area contributed by atoms with Crippen LogP contribution in [0.1, 0.15) is 24.7 Å². The monoisotopic (exact) mass is 372 g/mol. The Hall–Kier alpha value is -3.29. The lowest BCUT2D eigenvalue weighted by atomic mass is 10.2. The molecule has 1 aliphatic heterocycles. The molecule has 8 heteroatoms. The predicted molar refractivity (Wildman–Crippen MR) is 96.5 cm³/mol. The molecule has 0 radical (unpaired) electrons. The Balaban J connectivity index is 1.55. The summed E-state index contributed by atoms with van der Waals surface area (Å²) in [6.45, 7) is 4.38. The third kappa shape index (κ3) is 5.10. The number of ether oxygens (including phenoxy) is 3. The molecular weight excluding hydrogens is 352 g/mol. The van der Waals surface area contributed by atoms with Crippen LogP contribution in [0.2, 0.25) is 0 Å². The fourth-order valence-electron chi connectivity index (χ4n) is 2.37. The van der Waals surface area contributed by atoms with E-state index in [1.807, 2.05) is 0 Å². The standard InChI is InChI=1S/C19H20N2O6/c1-12-10-17(21-27-12)20-19(23)13(2)26-18(22)7-5-14-4-6-15-16(11-14)25-9-3-8-24-15/h4-7,10-11,13H,3,8-9H2,1-2H3,(H,20,21,23)/b7-5+/t13-/m1/s1. The summed E-state index contributed by atoms with van der Waals surface area (Å²) < 4.78 is 21.1. The molecule has 1 aromatic heterocycles. The third-order valence-corrected chi connectivity index (χ3v) is 3.72. The summed E-state index contributed by atoms with van der Waals surface area (Å²) in [6, 6.07) is 6.95. The molecule has 8 nitrogen and oxygen atoms in total. The molecule has 3 rings (SSSR count). The Kier molecular flexibility index (Phi) is 5.75. The van der Waals surface area contributed by atoms with Gasteiger partial charge in [-0.2, -0.15) is 0 Å². The van der Waals surface area contributed by atoms with Gasteiger partial charge in [-0.25, -0.2) is 4.79 Å². The van der Waals surface area contributed by atoms with Crippen LogP contribution >= 0.6 is 0 Å². The number of benzene rings is 1. The van der Waals surface area contributed by atoms with Crippen LogP contribution in [0.5, 0.6) is 11.5 Å². The second-order valence-corrected chi connectivity index (χ2v) is 5.98. The molecule has 0 fully saturated rings. The molecule has 1 amide bonds. The predicted octanol–water partition coefficient (Wildman–Crippen LogP) is 2.73. The van der Waals surface area contributed by atoms with Gasteiger partial charge in [-0.1, -0.05) is 11.2 Å². The summed E-state index contributed by atoms with van der Waals surface area (Å²) in [5.74, 6) is 1.01. The molecule has 0 bridgehead atoms. The van der Waals surface area contributed by atoms with Crippen molar-refractivity contribution in [2.75, 3.05) is 18.5 Å². The highest BCUT2D eigenvalue weighted by molar-refractivity contribution is 5.96. The number of nitrogens with zero attached hydrogens (tertiary/aromatic N) is 1. The van der Waals surface area contributed by atoms with Gasteiger partial charge in [0, 0.05) is 18.6 Å². The van der Waals surface area contributed by atoms with Gasteiger partial charge in [-0.3, -0.25) is 4.79 Å². The number of rotatable bonds is 5. The van der Waals surface area contributed by atoms with Crippen LogP contribution in [-0.4, -0.2) is 36.4 Å². The minimum Gasteiger partial charge on any atom is -0.490 e. The maximum absolute atomic E-state index is 12.0. The Bertz CT molecular complexity index is 858. The maximum atomic E-state index is 12.0. The number of anilines is 1. The van der Waals surface area contributed by atoms with E-state index in [9.17, 15) is 9.59 Å². The first kappa shape index (κ1) is 18.5. The lowest BCUT2D eigenvalue weighted by Gasteiger charge is -2.10. The van der Waals surface area contributed by atoms with Gasteiger partial charge in [0.05, 0.1) is 13.2 Å². The van der Waals surface area contributed by atoms with Gasteiger partial charge >= 0.3 is 5.97 Å². The molecular formula is C19H20N2O6. The normalized spacial score (nSPS) is 14.4. The molecule has 2 heterocycles. The second-order valence-electron chi connectivity index (χ2n) is 5.98. The van der Waals surface area contributed by atoms with Gasteiger partial charge in [0.25, 0.3) is 5.91 Å². The Morgan fingerprint density at radius 3 is 2.74 bits per heavy atom. The number of nitrogens with one attached hydrogen (secondary N) is 1. The largest absolute Gasteiger partial charge is 0.490 e. The smallest absolute Gasteiger partial charge is 0.331 e. The van der Waals surface area contributed by atoms with E-state index in [1.165, 1.54) is 13.0 Å². The zero-order chi connectivity index (χ0) is 19.2. The number of carbonyl (C=O) groups excluding carboxylic acids is 2. The number of carbonyl (C=O) groups is 2. The zero-order valence-electron chi connectivity index (χ0n) is 15.1. The van der Waals surface area contributed by atoms with Crippen molar-refractivity contribution in [2.24, 2.45) is 0 Å². The average molecular weight is 372 g/mol. The van der Waals surface area contributed by atoms with Gasteiger partial charge in [0.2, 0.25) is 0 Å². The molecule has 27 heavy (non-hydrogen) atoms. The van der Waals surface area contributed by atoms with Crippen LogP contribution in [0.15, 0.2) is 34.9 Å². The van der Waals surface area contributed by atoms with E-state index in [1.54, 1.807) is 37.3 Å². The molecule has 1 aliphatic rings. The van der Waals surface area contributed by atoms with E-state index in [0.717, 1.165) is 12.0 Å². The molecule has 1 N–H and O–H groups in total. The molecule has 1 aromatic carbocycles. The van der Waals surface area contributed by atoms with E-state index in [0.29, 0.717) is 30.5 Å². The van der Waals surface area contributed by atoms with E-state index in [-0.39, 0.29) is 5.82 Å². The van der Waals surface area contributed by atoms with Crippen LogP contribution in [0.25, 0.3) is 6.08 Å². The number of amides is 1. The van der Waals surface area contributed by atoms with Crippen molar-refractivity contribution in [3.63, 3.8) is 0 Å².